The van der Waals surface area contributed by atoms with Gasteiger partial charge in [-0.05, 0) is 77.8 Å². The number of benzene rings is 5. The summed E-state index contributed by atoms with van der Waals surface area (Å²) in [6, 6.07) is 40.6. The maximum Gasteiger partial charge on any atom is 0.197 e. The molecular formula is C49H35B2N6OS. The summed E-state index contributed by atoms with van der Waals surface area (Å²) in [6.45, 7) is 12.3. The van der Waals surface area contributed by atoms with Gasteiger partial charge in [0.1, 0.15) is 16.3 Å². The fraction of sp³-hybridized carbons (Fsp3) is 0.0408. The summed E-state index contributed by atoms with van der Waals surface area (Å²) in [5.41, 5.74) is 13.1. The number of hydrogen-bond acceptors (Lipinski definition) is 7. The smallest absolute Gasteiger partial charge is 0.197 e. The van der Waals surface area contributed by atoms with Gasteiger partial charge in [-0.25, -0.2) is 24.9 Å². The predicted octanol–water partition coefficient (Wildman–Crippen LogP) is 10.5. The standard InChI is InChI=1S/C49H35B2N6OS/c1-5-7-21-38-30(3)57(37-23-24-42-40(29-37)53-49(50)58-42)44(51-4)39(38)27-31(6-2)34-19-14-20-36(26-34)48-52-41-28-35(22-25-43(41)59-48)47-55-45(32-15-10-8-11-16-32)54-46(56-47)33-17-12-9-13-18-33/h5-29H,1-2H2,3-4H3/b21-7-,31-27+. The summed E-state index contributed by atoms with van der Waals surface area (Å²) in [5.74, 6) is 1.98. The molecule has 4 heterocycles. The Hall–Kier alpha value is -7.16. The number of rotatable bonds is 11. The molecule has 0 aliphatic carbocycles. The molecule has 0 bridgehead atoms. The number of hydrogen-bond donors (Lipinski definition) is 0. The zero-order valence-corrected chi connectivity index (χ0v) is 33.3. The second-order valence-electron chi connectivity index (χ2n) is 13.8. The van der Waals surface area contributed by atoms with Gasteiger partial charge in [-0.1, -0.05) is 123 Å². The Balaban J connectivity index is 1.09. The minimum atomic E-state index is 0.144. The van der Waals surface area contributed by atoms with Crippen LogP contribution in [0.4, 0.5) is 0 Å². The summed E-state index contributed by atoms with van der Waals surface area (Å²) in [7, 11) is 8.00. The Kier molecular flexibility index (Phi) is 10.1. The molecule has 279 valence electrons. The molecule has 0 fully saturated rings. The van der Waals surface area contributed by atoms with Gasteiger partial charge >= 0.3 is 0 Å². The van der Waals surface area contributed by atoms with E-state index < -0.39 is 0 Å². The number of thiazole rings is 1. The van der Waals surface area contributed by atoms with Crippen molar-refractivity contribution in [1.82, 2.24) is 29.5 Å². The maximum absolute atomic E-state index is 5.88. The van der Waals surface area contributed by atoms with Gasteiger partial charge in [0.2, 0.25) is 0 Å². The van der Waals surface area contributed by atoms with E-state index in [0.717, 1.165) is 76.7 Å². The van der Waals surface area contributed by atoms with Crippen LogP contribution in [0.2, 0.25) is 6.82 Å². The summed E-state index contributed by atoms with van der Waals surface area (Å²) in [5, 5.41) is 0.913. The molecule has 7 nitrogen and oxygen atoms in total. The zero-order valence-electron chi connectivity index (χ0n) is 32.5. The first kappa shape index (κ1) is 37.4. The molecule has 0 aliphatic rings. The summed E-state index contributed by atoms with van der Waals surface area (Å²) < 4.78 is 8.86. The molecule has 0 aliphatic heterocycles. The summed E-state index contributed by atoms with van der Waals surface area (Å²) in [4.78, 5) is 24.2. The highest BCUT2D eigenvalue weighted by molar-refractivity contribution is 7.21. The van der Waals surface area contributed by atoms with Crippen LogP contribution in [0.25, 0.3) is 89.5 Å². The van der Waals surface area contributed by atoms with E-state index >= 15 is 0 Å². The topological polar surface area (TPSA) is 82.5 Å². The number of nitrogens with zero attached hydrogens (tertiary/aromatic N) is 6. The van der Waals surface area contributed by atoms with Crippen molar-refractivity contribution in [3.05, 3.63) is 175 Å². The van der Waals surface area contributed by atoms with Gasteiger partial charge in [0.15, 0.2) is 38.2 Å². The van der Waals surface area contributed by atoms with Crippen molar-refractivity contribution in [3.63, 3.8) is 0 Å². The maximum atomic E-state index is 5.88. The Morgan fingerprint density at radius 3 is 2.08 bits per heavy atom. The van der Waals surface area contributed by atoms with Gasteiger partial charge in [0, 0.05) is 39.2 Å². The third-order valence-electron chi connectivity index (χ3n) is 10.2. The average molecular weight is 778 g/mol. The monoisotopic (exact) mass is 777 g/mol. The molecule has 4 aromatic heterocycles. The highest BCUT2D eigenvalue weighted by Gasteiger charge is 2.20. The van der Waals surface area contributed by atoms with Crippen molar-refractivity contribution in [2.75, 3.05) is 0 Å². The van der Waals surface area contributed by atoms with Gasteiger partial charge in [0.25, 0.3) is 0 Å². The first-order chi connectivity index (χ1) is 28.9. The molecule has 9 rings (SSSR count). The highest BCUT2D eigenvalue weighted by Crippen LogP contribution is 2.35. The molecule has 0 spiro atoms. The van der Waals surface area contributed by atoms with Crippen LogP contribution in [0.5, 0.6) is 0 Å². The van der Waals surface area contributed by atoms with Crippen LogP contribution in [-0.2, 0) is 0 Å². The molecule has 0 atom stereocenters. The lowest BCUT2D eigenvalue weighted by Gasteiger charge is -2.12. The molecule has 59 heavy (non-hydrogen) atoms. The summed E-state index contributed by atoms with van der Waals surface area (Å²) in [6.07, 6.45) is 9.95. The third kappa shape index (κ3) is 7.31. The predicted molar refractivity (Wildman–Crippen MR) is 247 cm³/mol. The normalized spacial score (nSPS) is 11.8. The first-order valence-corrected chi connectivity index (χ1v) is 20.0. The van der Waals surface area contributed by atoms with Crippen LogP contribution in [0, 0.1) is 6.92 Å². The van der Waals surface area contributed by atoms with Crippen molar-refractivity contribution in [1.29, 1.82) is 0 Å². The minimum Gasteiger partial charge on any atom is -0.452 e. The number of fused-ring (bicyclic) bond motifs is 2. The van der Waals surface area contributed by atoms with Crippen LogP contribution < -0.4 is 11.4 Å². The molecule has 0 saturated carbocycles. The quantitative estimate of drug-likeness (QED) is 0.0961. The lowest BCUT2D eigenvalue weighted by Crippen LogP contribution is -2.24. The van der Waals surface area contributed by atoms with Crippen molar-refractivity contribution in [3.8, 4) is 50.4 Å². The van der Waals surface area contributed by atoms with Gasteiger partial charge in [-0.3, -0.25) is 0 Å². The molecule has 0 unspecified atom stereocenters. The average Bonchev–Trinajstić information content (AvgIpc) is 3.96. The molecule has 0 N–H and O–H groups in total. The molecule has 3 radical (unpaired) electrons. The zero-order chi connectivity index (χ0) is 40.5. The molecule has 0 saturated heterocycles. The van der Waals surface area contributed by atoms with Crippen molar-refractivity contribution in [2.45, 2.75) is 13.7 Å². The fourth-order valence-corrected chi connectivity index (χ4v) is 8.29. The van der Waals surface area contributed by atoms with E-state index in [0.29, 0.717) is 28.6 Å². The number of oxazole rings is 1. The van der Waals surface area contributed by atoms with Crippen LogP contribution in [0.3, 0.4) is 0 Å². The molecular weight excluding hydrogens is 742 g/mol. The molecule has 9 aromatic rings. The molecule has 5 aromatic carbocycles. The van der Waals surface area contributed by atoms with Crippen LogP contribution in [-0.4, -0.2) is 44.6 Å². The molecule has 0 amide bonds. The second kappa shape index (κ2) is 16.0. The van der Waals surface area contributed by atoms with Crippen molar-refractivity contribution < 1.29 is 4.42 Å². The van der Waals surface area contributed by atoms with Crippen LogP contribution >= 0.6 is 11.3 Å². The number of aromatic nitrogens is 6. The largest absolute Gasteiger partial charge is 0.452 e. The summed E-state index contributed by atoms with van der Waals surface area (Å²) >= 11 is 1.65. The van der Waals surface area contributed by atoms with Gasteiger partial charge in [-0.15, -0.1) is 11.3 Å². The van der Waals surface area contributed by atoms with Gasteiger partial charge < -0.3 is 8.98 Å². The third-order valence-corrected chi connectivity index (χ3v) is 11.2. The Morgan fingerprint density at radius 2 is 1.41 bits per heavy atom. The van der Waals surface area contributed by atoms with E-state index in [1.165, 1.54) is 0 Å². The lowest BCUT2D eigenvalue weighted by atomic mass is 9.74. The Labute approximate surface area is 348 Å². The Morgan fingerprint density at radius 1 is 0.712 bits per heavy atom. The lowest BCUT2D eigenvalue weighted by molar-refractivity contribution is 0.644. The van der Waals surface area contributed by atoms with E-state index in [1.54, 1.807) is 17.4 Å². The van der Waals surface area contributed by atoms with Crippen molar-refractivity contribution in [2.24, 2.45) is 0 Å². The van der Waals surface area contributed by atoms with Gasteiger partial charge in [-0.2, -0.15) is 0 Å². The number of allylic oxidation sites excluding steroid dienone is 4. The van der Waals surface area contributed by atoms with E-state index in [1.807, 2.05) is 97.8 Å². The molecule has 10 heteroatoms. The van der Waals surface area contributed by atoms with E-state index in [2.05, 4.69) is 91.5 Å². The van der Waals surface area contributed by atoms with E-state index in [9.17, 15) is 0 Å². The van der Waals surface area contributed by atoms with Crippen molar-refractivity contribution >= 4 is 76.9 Å². The van der Waals surface area contributed by atoms with Gasteiger partial charge in [0.05, 0.1) is 10.2 Å². The minimum absolute atomic E-state index is 0.144. The Bertz CT molecular complexity index is 3050. The van der Waals surface area contributed by atoms with E-state index in [-0.39, 0.29) is 5.79 Å². The fourth-order valence-electron chi connectivity index (χ4n) is 7.35. The first-order valence-electron chi connectivity index (χ1n) is 19.1. The SMILES string of the molecule is [B]c1nc2cc(-n3c(C)c(/C=C\C=C)c(/C=C(\C=C)c4cccc(-c5nc6cc(-c7nc(-c8ccccc8)nc(-c8ccccc8)n7)ccc6s5)c4)c3[B]C)ccc2o1. The van der Waals surface area contributed by atoms with E-state index in [4.69, 9.17) is 32.2 Å². The van der Waals surface area contributed by atoms with Crippen LogP contribution in [0.15, 0.2) is 157 Å². The second-order valence-corrected chi connectivity index (χ2v) is 14.9. The highest BCUT2D eigenvalue weighted by atomic mass is 32.1. The van der Waals surface area contributed by atoms with Crippen LogP contribution in [0.1, 0.15) is 22.4 Å².